The van der Waals surface area contributed by atoms with Crippen LogP contribution in [0.4, 0.5) is 0 Å². The van der Waals surface area contributed by atoms with Crippen molar-refractivity contribution in [1.82, 2.24) is 0 Å². The summed E-state index contributed by atoms with van der Waals surface area (Å²) in [5.74, 6) is 0. The molecule has 0 heterocycles. The third-order valence-electron chi connectivity index (χ3n) is 3.77. The average molecular weight is 1380 g/mol. The van der Waals surface area contributed by atoms with E-state index in [0.29, 0.717) is 12.8 Å². The van der Waals surface area contributed by atoms with Gasteiger partial charge in [-0.15, -0.1) is 0 Å². The number of hydrogen-bond donors (Lipinski definition) is 4. The van der Waals surface area contributed by atoms with Crippen LogP contribution >= 0.6 is 0 Å². The van der Waals surface area contributed by atoms with Gasteiger partial charge in [0, 0.05) is 39.6 Å². The van der Waals surface area contributed by atoms with Gasteiger partial charge in [-0.2, -0.15) is 10.5 Å². The first-order valence-electron chi connectivity index (χ1n) is 11.9. The number of hydrogen-bond acceptors (Lipinski definition) is 14. The molecular formula is C26H48N2O12Rf3-6. The van der Waals surface area contributed by atoms with Crippen molar-refractivity contribution in [3.05, 3.63) is 42.7 Å². The van der Waals surface area contributed by atoms with Crippen molar-refractivity contribution in [2.45, 2.75) is 63.3 Å². The van der Waals surface area contributed by atoms with Crippen molar-refractivity contribution in [1.29, 1.82) is 10.5 Å². The van der Waals surface area contributed by atoms with Crippen LogP contribution in [0.15, 0.2) is 0 Å². The monoisotopic (exact) mass is 1380 g/mol. The number of aliphatic hydroxyl groups excluding tert-OH is 4. The molecular weight excluding hydrogens is 1330 g/mol. The Balaban J connectivity index is -0.0000000799. The smallest absolute Gasteiger partial charge is 0.0976 e. The largest absolute Gasteiger partial charge is 0.553 e. The number of nitrogens with zero attached hydrogens (tertiary/aromatic N) is 2. The van der Waals surface area contributed by atoms with Gasteiger partial charge in [-0.1, -0.05) is 0 Å². The van der Waals surface area contributed by atoms with Crippen molar-refractivity contribution in [3.63, 3.8) is 0 Å². The summed E-state index contributed by atoms with van der Waals surface area (Å²) in [4.78, 5) is 0. The standard InChI is InChI=1S/2C8H14NO3.2C5H10O3.3Rf/c2*1-7(3-4-9)12-6-8(10)5-11-2;2*1-7-3-5(6)4-8-2;;;/h2*7-8,10H,2-3,5-6H2,1H3;2*5-6H,1-4H2;;;/q2*-1;2*-2;;;. The average Bonchev–Trinajstić information content (AvgIpc) is 2.89. The summed E-state index contributed by atoms with van der Waals surface area (Å²) in [6, 6.07) is 3.95. The summed E-state index contributed by atoms with van der Waals surface area (Å²) in [6.45, 7) is 4.98. The molecule has 0 aliphatic carbocycles. The SMILES string of the molecule is [CH2-]OCC(O)COC(C)CC#N.[CH2-]OCC(O)COC(C)CC#N.[CH2-]OCC(O)CO[CH2-].[CH2-]OCC(O)CO[CH2-].[Rf].[Rf].[Rf]. The number of aliphatic hydroxyl groups is 4. The minimum Gasteiger partial charge on any atom is -0.553 e. The van der Waals surface area contributed by atoms with Crippen molar-refractivity contribution in [3.8, 4) is 12.1 Å². The Morgan fingerprint density at radius 1 is 0.465 bits per heavy atom. The molecule has 4 N–H and O–H groups in total. The third-order valence-corrected chi connectivity index (χ3v) is 3.77. The Kier molecular flexibility index (Phi) is 56.5. The fourth-order valence-corrected chi connectivity index (χ4v) is 1.93. The van der Waals surface area contributed by atoms with E-state index in [0.717, 1.165) is 0 Å². The molecule has 0 radical (unpaired) electrons. The Morgan fingerprint density at radius 2 is 0.651 bits per heavy atom. The van der Waals surface area contributed by atoms with Crippen molar-refractivity contribution >= 4 is 0 Å². The fraction of sp³-hybridized carbons (Fsp3) is 0.692. The number of ether oxygens (including phenoxy) is 8. The minimum absolute atomic E-state index is 0. The molecule has 0 aromatic heterocycles. The summed E-state index contributed by atoms with van der Waals surface area (Å²) in [5.41, 5.74) is 0. The number of nitriles is 2. The first kappa shape index (κ1) is 54.6. The summed E-state index contributed by atoms with van der Waals surface area (Å²) in [6.07, 6.45) is -2.16. The van der Waals surface area contributed by atoms with Crippen LogP contribution in [0.3, 0.4) is 0 Å². The Morgan fingerprint density at radius 3 is 0.814 bits per heavy atom. The maximum Gasteiger partial charge on any atom is 0.0976 e. The molecule has 0 aromatic carbocycles. The van der Waals surface area contributed by atoms with Gasteiger partial charge in [0.15, 0.2) is 0 Å². The zero-order valence-corrected chi connectivity index (χ0v) is 45.0. The summed E-state index contributed by atoms with van der Waals surface area (Å²) < 4.78 is 36.5. The molecule has 0 fully saturated rings. The van der Waals surface area contributed by atoms with E-state index in [-0.39, 0.29) is 65.1 Å². The van der Waals surface area contributed by atoms with Crippen LogP contribution in [-0.4, -0.2) is 110 Å². The first-order valence-corrected chi connectivity index (χ1v) is 11.9. The molecule has 0 saturated carbocycles. The zero-order chi connectivity index (χ0) is 31.6. The normalized spacial score (nSPS) is 12.4. The minimum atomic E-state index is -0.663. The van der Waals surface area contributed by atoms with Gasteiger partial charge in [-0.25, -0.2) is 42.7 Å². The molecule has 246 valence electrons. The summed E-state index contributed by atoms with van der Waals surface area (Å²) in [7, 11) is 18.5. The van der Waals surface area contributed by atoms with Gasteiger partial charge in [0.05, 0.1) is 74.8 Å². The molecule has 0 amide bonds. The first-order chi connectivity index (χ1) is 19.0. The molecule has 14 nitrogen and oxygen atoms in total. The van der Waals surface area contributed by atoms with E-state index < -0.39 is 24.4 Å². The van der Waals surface area contributed by atoms with Crippen molar-refractivity contribution < 1.29 is 58.3 Å². The van der Waals surface area contributed by atoms with Gasteiger partial charge in [0.25, 0.3) is 0 Å². The van der Waals surface area contributed by atoms with Gasteiger partial charge in [-0.05, 0) is 13.8 Å². The van der Waals surface area contributed by atoms with E-state index in [4.69, 9.17) is 40.4 Å². The Bertz CT molecular complexity index is 518. The molecule has 0 saturated heterocycles. The Labute approximate surface area is 240 Å². The second kappa shape index (κ2) is 44.5. The number of rotatable bonds is 20. The van der Waals surface area contributed by atoms with E-state index in [1.165, 1.54) is 0 Å². The van der Waals surface area contributed by atoms with E-state index in [1.54, 1.807) is 13.8 Å². The van der Waals surface area contributed by atoms with Crippen LogP contribution in [-0.2, 0) is 37.9 Å². The van der Waals surface area contributed by atoms with Crippen molar-refractivity contribution in [2.75, 3.05) is 52.9 Å². The van der Waals surface area contributed by atoms with E-state index >= 15 is 0 Å². The van der Waals surface area contributed by atoms with Gasteiger partial charge in [0.1, 0.15) is 0 Å². The van der Waals surface area contributed by atoms with Crippen LogP contribution in [0.25, 0.3) is 0 Å². The molecule has 4 atom stereocenters. The van der Waals surface area contributed by atoms with Gasteiger partial charge in [0.2, 0.25) is 0 Å². The zero-order valence-electron chi connectivity index (χ0n) is 25.8. The third kappa shape index (κ3) is 54.3. The van der Waals surface area contributed by atoms with E-state index in [2.05, 4.69) is 71.1 Å². The molecule has 43 heavy (non-hydrogen) atoms. The molecule has 0 aliphatic heterocycles. The van der Waals surface area contributed by atoms with Crippen LogP contribution < -0.4 is 0 Å². The molecule has 0 aromatic rings. The topological polar surface area (TPSA) is 202 Å². The molecule has 0 rings (SSSR count). The van der Waals surface area contributed by atoms with Crippen LogP contribution in [0, 0.1) is 65.3 Å². The molecule has 4 unspecified atom stereocenters. The van der Waals surface area contributed by atoms with Gasteiger partial charge >= 0.3 is 0 Å². The second-order valence-electron chi connectivity index (χ2n) is 7.85. The van der Waals surface area contributed by atoms with E-state index in [1.807, 2.05) is 12.1 Å². The van der Waals surface area contributed by atoms with Crippen LogP contribution in [0.2, 0.25) is 0 Å². The molecule has 0 bridgehead atoms. The Hall–Kier alpha value is -4.50. The van der Waals surface area contributed by atoms with E-state index in [9.17, 15) is 0 Å². The quantitative estimate of drug-likeness (QED) is 0.125. The summed E-state index contributed by atoms with van der Waals surface area (Å²) in [5, 5.41) is 52.2. The molecule has 0 spiro atoms. The second-order valence-corrected chi connectivity index (χ2v) is 7.85. The maximum atomic E-state index is 9.09. The summed E-state index contributed by atoms with van der Waals surface area (Å²) >= 11 is 0. The fourth-order valence-electron chi connectivity index (χ4n) is 1.93. The van der Waals surface area contributed by atoms with Gasteiger partial charge in [-0.3, -0.25) is 0 Å². The predicted octanol–water partition coefficient (Wildman–Crippen LogP) is 0.876. The van der Waals surface area contributed by atoms with Crippen molar-refractivity contribution in [2.24, 2.45) is 0 Å². The molecule has 17 heteroatoms. The van der Waals surface area contributed by atoms with Crippen LogP contribution in [0.5, 0.6) is 0 Å². The van der Waals surface area contributed by atoms with Gasteiger partial charge < -0.3 is 58.3 Å². The maximum absolute atomic E-state index is 9.09. The predicted molar refractivity (Wildman–Crippen MR) is 143 cm³/mol. The van der Waals surface area contributed by atoms with Crippen LogP contribution in [0.1, 0.15) is 26.7 Å². The molecule has 0 aliphatic rings.